The first kappa shape index (κ1) is 11.2. The highest BCUT2D eigenvalue weighted by Gasteiger charge is 2.04. The van der Waals surface area contributed by atoms with E-state index in [1.807, 2.05) is 0 Å². The summed E-state index contributed by atoms with van der Waals surface area (Å²) in [6.45, 7) is 1.67. The fraction of sp³-hybridized carbons (Fsp3) is 0.444. The predicted octanol–water partition coefficient (Wildman–Crippen LogP) is -0.0106. The zero-order valence-corrected chi connectivity index (χ0v) is 8.38. The molecule has 0 radical (unpaired) electrons. The number of nitrogens with zero attached hydrogens (tertiary/aromatic N) is 2. The molecule has 0 atom stereocenters. The van der Waals surface area contributed by atoms with E-state index in [0.29, 0.717) is 6.54 Å². The minimum atomic E-state index is -0.551. The second kappa shape index (κ2) is 5.79. The minimum absolute atomic E-state index is 0.233. The lowest BCUT2D eigenvalue weighted by Gasteiger charge is -2.05. The number of carbonyl (C=O) groups excluding carboxylic acids is 2. The van der Waals surface area contributed by atoms with E-state index in [4.69, 9.17) is 4.74 Å². The van der Waals surface area contributed by atoms with Crippen LogP contribution in [0.5, 0.6) is 0 Å². The maximum Gasteiger partial charge on any atom is 0.344 e. The van der Waals surface area contributed by atoms with Crippen molar-refractivity contribution in [3.8, 4) is 0 Å². The highest BCUT2D eigenvalue weighted by Crippen LogP contribution is 1.88. The smallest absolute Gasteiger partial charge is 0.344 e. The highest BCUT2D eigenvalue weighted by molar-refractivity contribution is 5.75. The van der Waals surface area contributed by atoms with Gasteiger partial charge in [-0.25, -0.2) is 9.78 Å². The zero-order valence-electron chi connectivity index (χ0n) is 8.38. The molecule has 0 amide bonds. The molecule has 1 aromatic rings. The second-order valence-electron chi connectivity index (χ2n) is 2.80. The molecule has 0 N–H and O–H groups in total. The topological polar surface area (TPSA) is 70.4 Å². The predicted molar refractivity (Wildman–Crippen MR) is 49.8 cm³/mol. The Balaban J connectivity index is 2.09. The van der Waals surface area contributed by atoms with Gasteiger partial charge in [0.2, 0.25) is 0 Å². The van der Waals surface area contributed by atoms with Gasteiger partial charge in [0.15, 0.2) is 6.61 Å². The molecular weight excluding hydrogens is 200 g/mol. The third kappa shape index (κ3) is 4.80. The fourth-order valence-electron chi connectivity index (χ4n) is 0.886. The van der Waals surface area contributed by atoms with Crippen molar-refractivity contribution in [3.63, 3.8) is 0 Å². The minimum Gasteiger partial charge on any atom is -0.461 e. The van der Waals surface area contributed by atoms with Crippen LogP contribution in [0.2, 0.25) is 0 Å². The van der Waals surface area contributed by atoms with E-state index in [-0.39, 0.29) is 13.2 Å². The van der Waals surface area contributed by atoms with Crippen molar-refractivity contribution in [1.82, 2.24) is 9.55 Å². The summed E-state index contributed by atoms with van der Waals surface area (Å²) < 4.78 is 11.0. The van der Waals surface area contributed by atoms with Gasteiger partial charge in [0.25, 0.3) is 0 Å². The van der Waals surface area contributed by atoms with Crippen molar-refractivity contribution < 1.29 is 19.1 Å². The summed E-state index contributed by atoms with van der Waals surface area (Å²) in [4.78, 5) is 25.2. The van der Waals surface area contributed by atoms with Crippen LogP contribution in [0.25, 0.3) is 0 Å². The summed E-state index contributed by atoms with van der Waals surface area (Å²) in [7, 11) is 0. The van der Waals surface area contributed by atoms with Crippen LogP contribution in [-0.4, -0.2) is 34.7 Å². The lowest BCUT2D eigenvalue weighted by molar-refractivity contribution is -0.157. The molecule has 82 valence electrons. The Hall–Kier alpha value is -1.85. The molecule has 0 saturated carbocycles. The number of aromatic nitrogens is 2. The summed E-state index contributed by atoms with van der Waals surface area (Å²) in [6.07, 6.45) is 5.03. The van der Waals surface area contributed by atoms with Gasteiger partial charge < -0.3 is 14.0 Å². The Morgan fingerprint density at radius 3 is 2.80 bits per heavy atom. The maximum absolute atomic E-state index is 11.0. The number of hydrogen-bond donors (Lipinski definition) is 0. The molecule has 0 bridgehead atoms. The van der Waals surface area contributed by atoms with E-state index in [1.54, 1.807) is 23.3 Å². The van der Waals surface area contributed by atoms with E-state index in [9.17, 15) is 9.59 Å². The average molecular weight is 212 g/mol. The highest BCUT2D eigenvalue weighted by atomic mass is 16.6. The summed E-state index contributed by atoms with van der Waals surface area (Å²) in [6, 6.07) is 0. The number of esters is 2. The van der Waals surface area contributed by atoms with Crippen molar-refractivity contribution in [3.05, 3.63) is 18.7 Å². The van der Waals surface area contributed by atoms with Crippen LogP contribution in [0.15, 0.2) is 18.7 Å². The van der Waals surface area contributed by atoms with Gasteiger partial charge in [-0.1, -0.05) is 0 Å². The Bertz CT molecular complexity index is 321. The molecule has 0 aliphatic heterocycles. The SMILES string of the molecule is CC(=O)OCC(=O)OCCn1ccnc1. The Kier molecular flexibility index (Phi) is 4.33. The lowest BCUT2D eigenvalue weighted by Crippen LogP contribution is -2.17. The average Bonchev–Trinajstić information content (AvgIpc) is 2.67. The van der Waals surface area contributed by atoms with E-state index in [0.717, 1.165) is 0 Å². The third-order valence-corrected chi connectivity index (χ3v) is 1.57. The molecule has 6 nitrogen and oxygen atoms in total. The molecule has 0 aliphatic carbocycles. The van der Waals surface area contributed by atoms with Crippen molar-refractivity contribution in [1.29, 1.82) is 0 Å². The third-order valence-electron chi connectivity index (χ3n) is 1.57. The normalized spacial score (nSPS) is 9.67. The van der Waals surface area contributed by atoms with Gasteiger partial charge >= 0.3 is 11.9 Å². The van der Waals surface area contributed by atoms with E-state index >= 15 is 0 Å². The van der Waals surface area contributed by atoms with E-state index < -0.39 is 11.9 Å². The maximum atomic E-state index is 11.0. The quantitative estimate of drug-likeness (QED) is 0.642. The number of ether oxygens (including phenoxy) is 2. The largest absolute Gasteiger partial charge is 0.461 e. The molecule has 1 rings (SSSR count). The first-order valence-corrected chi connectivity index (χ1v) is 4.43. The molecule has 6 heteroatoms. The Morgan fingerprint density at radius 2 is 2.20 bits per heavy atom. The van der Waals surface area contributed by atoms with Crippen LogP contribution >= 0.6 is 0 Å². The first-order chi connectivity index (χ1) is 7.18. The van der Waals surface area contributed by atoms with Crippen LogP contribution in [-0.2, 0) is 25.6 Å². The van der Waals surface area contributed by atoms with Crippen LogP contribution in [0, 0.1) is 0 Å². The summed E-state index contributed by atoms with van der Waals surface area (Å²) in [5, 5.41) is 0. The molecular formula is C9H12N2O4. The van der Waals surface area contributed by atoms with Gasteiger partial charge in [-0.15, -0.1) is 0 Å². The Morgan fingerprint density at radius 1 is 1.40 bits per heavy atom. The summed E-state index contributed by atoms with van der Waals surface area (Å²) in [5.74, 6) is -1.05. The molecule has 0 aromatic carbocycles. The number of hydrogen-bond acceptors (Lipinski definition) is 5. The second-order valence-corrected chi connectivity index (χ2v) is 2.80. The van der Waals surface area contributed by atoms with Crippen molar-refractivity contribution in [2.45, 2.75) is 13.5 Å². The number of imidazole rings is 1. The van der Waals surface area contributed by atoms with Gasteiger partial charge in [0.05, 0.1) is 12.9 Å². The molecule has 1 aromatic heterocycles. The molecule has 0 aliphatic rings. The molecule has 0 spiro atoms. The molecule has 15 heavy (non-hydrogen) atoms. The summed E-state index contributed by atoms with van der Waals surface area (Å²) in [5.41, 5.74) is 0. The van der Waals surface area contributed by atoms with E-state index in [1.165, 1.54) is 6.92 Å². The number of rotatable bonds is 5. The van der Waals surface area contributed by atoms with Gasteiger partial charge in [0.1, 0.15) is 6.61 Å². The van der Waals surface area contributed by atoms with Crippen LogP contribution in [0.1, 0.15) is 6.92 Å². The molecule has 0 saturated heterocycles. The zero-order chi connectivity index (χ0) is 11.1. The molecule has 1 heterocycles. The molecule has 0 fully saturated rings. The Labute approximate surface area is 86.8 Å². The fourth-order valence-corrected chi connectivity index (χ4v) is 0.886. The standard InChI is InChI=1S/C9H12N2O4/c1-8(12)15-6-9(13)14-5-4-11-3-2-10-7-11/h2-3,7H,4-6H2,1H3. The van der Waals surface area contributed by atoms with Gasteiger partial charge in [-0.3, -0.25) is 4.79 Å². The van der Waals surface area contributed by atoms with Crippen LogP contribution < -0.4 is 0 Å². The monoisotopic (exact) mass is 212 g/mol. The van der Waals surface area contributed by atoms with Crippen molar-refractivity contribution in [2.24, 2.45) is 0 Å². The summed E-state index contributed by atoms with van der Waals surface area (Å²) >= 11 is 0. The lowest BCUT2D eigenvalue weighted by atomic mass is 10.6. The van der Waals surface area contributed by atoms with Gasteiger partial charge in [-0.2, -0.15) is 0 Å². The van der Waals surface area contributed by atoms with E-state index in [2.05, 4.69) is 9.72 Å². The number of carbonyl (C=O) groups is 2. The van der Waals surface area contributed by atoms with Crippen LogP contribution in [0.4, 0.5) is 0 Å². The van der Waals surface area contributed by atoms with Crippen LogP contribution in [0.3, 0.4) is 0 Å². The van der Waals surface area contributed by atoms with Gasteiger partial charge in [-0.05, 0) is 0 Å². The van der Waals surface area contributed by atoms with Crippen molar-refractivity contribution in [2.75, 3.05) is 13.2 Å². The van der Waals surface area contributed by atoms with Gasteiger partial charge in [0, 0.05) is 19.3 Å². The first-order valence-electron chi connectivity index (χ1n) is 4.43. The molecule has 0 unspecified atom stereocenters. The van der Waals surface area contributed by atoms with Crippen molar-refractivity contribution >= 4 is 11.9 Å².